The number of fused-ring (bicyclic) bond motifs is 1. The number of aromatic nitrogens is 2. The van der Waals surface area contributed by atoms with E-state index in [4.69, 9.17) is 21.1 Å². The number of carbonyl (C=O) groups is 2. The molecule has 9 nitrogen and oxygen atoms in total. The zero-order valence-electron chi connectivity index (χ0n) is 20.1. The van der Waals surface area contributed by atoms with Crippen molar-refractivity contribution in [3.8, 4) is 11.5 Å². The Morgan fingerprint density at radius 3 is 2.59 bits per heavy atom. The summed E-state index contributed by atoms with van der Waals surface area (Å²) in [7, 11) is 2.99. The van der Waals surface area contributed by atoms with Crippen LogP contribution in [0.5, 0.6) is 11.5 Å². The molecule has 0 spiro atoms. The molecule has 2 N–H and O–H groups in total. The molecule has 4 rings (SSSR count). The molecule has 0 atom stereocenters. The molecular weight excluding hydrogens is 508 g/mol. The number of rotatable bonds is 7. The summed E-state index contributed by atoms with van der Waals surface area (Å²) in [5.74, 6) is -1.26. The number of methoxy groups -OCH3 is 1. The maximum atomic E-state index is 14.5. The number of nitrogens with zero attached hydrogens (tertiary/aromatic N) is 3. The van der Waals surface area contributed by atoms with Gasteiger partial charge in [-0.25, -0.2) is 18.7 Å². The number of nitrogens with one attached hydrogen (secondary N) is 2. The van der Waals surface area contributed by atoms with E-state index in [9.17, 15) is 18.4 Å². The highest BCUT2D eigenvalue weighted by Crippen LogP contribution is 2.37. The van der Waals surface area contributed by atoms with E-state index >= 15 is 0 Å². The number of likely N-dealkylation sites (tertiary alicyclic amines) is 1. The van der Waals surface area contributed by atoms with Gasteiger partial charge in [0.25, 0.3) is 0 Å². The highest BCUT2D eigenvalue weighted by atomic mass is 35.5. The Hall–Kier alpha value is -3.99. The molecule has 0 saturated carbocycles. The van der Waals surface area contributed by atoms with Crippen molar-refractivity contribution in [3.63, 3.8) is 0 Å². The fraction of sp³-hybridized carbons (Fsp3) is 0.280. The number of carbonyl (C=O) groups excluding carboxylic acids is 2. The van der Waals surface area contributed by atoms with Crippen LogP contribution in [0.25, 0.3) is 10.9 Å². The van der Waals surface area contributed by atoms with Gasteiger partial charge in [-0.3, -0.25) is 9.59 Å². The molecule has 1 aromatic heterocycles. The van der Waals surface area contributed by atoms with E-state index in [-0.39, 0.29) is 29.4 Å². The van der Waals surface area contributed by atoms with Gasteiger partial charge < -0.3 is 25.0 Å². The van der Waals surface area contributed by atoms with E-state index in [1.165, 1.54) is 38.7 Å². The topological polar surface area (TPSA) is 106 Å². The highest BCUT2D eigenvalue weighted by molar-refractivity contribution is 6.31. The summed E-state index contributed by atoms with van der Waals surface area (Å²) in [6.45, 7) is 0.913. The van der Waals surface area contributed by atoms with Gasteiger partial charge >= 0.3 is 0 Å². The summed E-state index contributed by atoms with van der Waals surface area (Å²) >= 11 is 5.70. The van der Waals surface area contributed by atoms with Gasteiger partial charge in [-0.1, -0.05) is 11.6 Å². The van der Waals surface area contributed by atoms with Crippen LogP contribution in [0.2, 0.25) is 5.02 Å². The summed E-state index contributed by atoms with van der Waals surface area (Å²) in [6, 6.07) is 5.64. The van der Waals surface area contributed by atoms with Crippen LogP contribution in [0, 0.1) is 11.6 Å². The Balaban J connectivity index is 1.53. The van der Waals surface area contributed by atoms with Crippen LogP contribution >= 0.6 is 11.6 Å². The number of halogens is 3. The quantitative estimate of drug-likeness (QED) is 0.351. The lowest BCUT2D eigenvalue weighted by atomic mass is 10.1. The molecule has 0 bridgehead atoms. The normalized spacial score (nSPS) is 14.1. The molecule has 1 saturated heterocycles. The summed E-state index contributed by atoms with van der Waals surface area (Å²) in [6.07, 6.45) is 4.68. The molecule has 2 heterocycles. The van der Waals surface area contributed by atoms with Crippen molar-refractivity contribution in [1.82, 2.24) is 20.2 Å². The Labute approximate surface area is 216 Å². The molecule has 3 aromatic rings. The maximum absolute atomic E-state index is 14.5. The summed E-state index contributed by atoms with van der Waals surface area (Å²) in [4.78, 5) is 33.7. The fourth-order valence-electron chi connectivity index (χ4n) is 3.87. The van der Waals surface area contributed by atoms with Crippen LogP contribution in [0.3, 0.4) is 0 Å². The largest absolute Gasteiger partial charge is 0.493 e. The van der Waals surface area contributed by atoms with E-state index in [2.05, 4.69) is 20.6 Å². The molecule has 37 heavy (non-hydrogen) atoms. The highest BCUT2D eigenvalue weighted by Gasteiger charge is 2.24. The van der Waals surface area contributed by atoms with Crippen molar-refractivity contribution >= 4 is 45.8 Å². The summed E-state index contributed by atoms with van der Waals surface area (Å²) < 4.78 is 39.8. The number of piperidine rings is 1. The van der Waals surface area contributed by atoms with Crippen LogP contribution in [0.15, 0.2) is 42.7 Å². The second kappa shape index (κ2) is 11.4. The molecule has 2 aromatic carbocycles. The van der Waals surface area contributed by atoms with Gasteiger partial charge in [-0.15, -0.1) is 0 Å². The van der Waals surface area contributed by atoms with E-state index in [1.54, 1.807) is 17.0 Å². The first kappa shape index (κ1) is 26.1. The van der Waals surface area contributed by atoms with Gasteiger partial charge in [0.1, 0.15) is 29.1 Å². The van der Waals surface area contributed by atoms with Crippen molar-refractivity contribution in [2.75, 3.05) is 32.6 Å². The van der Waals surface area contributed by atoms with Gasteiger partial charge in [0, 0.05) is 56.6 Å². The van der Waals surface area contributed by atoms with Crippen LogP contribution < -0.4 is 20.1 Å². The van der Waals surface area contributed by atoms with Crippen LogP contribution in [0.1, 0.15) is 12.8 Å². The molecule has 0 aliphatic carbocycles. The average molecular weight is 532 g/mol. The van der Waals surface area contributed by atoms with Crippen molar-refractivity contribution in [1.29, 1.82) is 0 Å². The number of likely N-dealkylation sites (N-methyl/N-ethyl adjacent to an activating group) is 1. The second-order valence-electron chi connectivity index (χ2n) is 8.18. The first-order valence-electron chi connectivity index (χ1n) is 11.4. The van der Waals surface area contributed by atoms with Crippen LogP contribution in [-0.2, 0) is 9.59 Å². The monoisotopic (exact) mass is 531 g/mol. The Bertz CT molecular complexity index is 1360. The lowest BCUT2D eigenvalue weighted by Crippen LogP contribution is -2.41. The van der Waals surface area contributed by atoms with Crippen molar-refractivity contribution in [3.05, 3.63) is 59.4 Å². The first-order chi connectivity index (χ1) is 17.8. The summed E-state index contributed by atoms with van der Waals surface area (Å²) in [5, 5.41) is 5.16. The molecule has 1 fully saturated rings. The molecule has 0 unspecified atom stereocenters. The number of hydrogen-bond acceptors (Lipinski definition) is 7. The molecule has 2 amide bonds. The van der Waals surface area contributed by atoms with E-state index in [1.807, 2.05) is 0 Å². The minimum atomic E-state index is -0.940. The van der Waals surface area contributed by atoms with Crippen molar-refractivity contribution in [2.45, 2.75) is 18.9 Å². The van der Waals surface area contributed by atoms with Gasteiger partial charge in [-0.05, 0) is 18.2 Å². The van der Waals surface area contributed by atoms with E-state index in [0.29, 0.717) is 48.3 Å². The molecule has 194 valence electrons. The molecule has 12 heteroatoms. The second-order valence-corrected chi connectivity index (χ2v) is 8.56. The SMILES string of the molecule is CNC(=O)C=CC(=O)N1CCC(Oc2cc3c(Nc4ccc(F)c(Cl)c4F)ncnc3cc2OC)CC1. The van der Waals surface area contributed by atoms with Gasteiger partial charge in [0.2, 0.25) is 11.8 Å². The van der Waals surface area contributed by atoms with Crippen molar-refractivity contribution < 1.29 is 27.8 Å². The average Bonchev–Trinajstić information content (AvgIpc) is 2.92. The smallest absolute Gasteiger partial charge is 0.246 e. The van der Waals surface area contributed by atoms with E-state index < -0.39 is 16.7 Å². The first-order valence-corrected chi connectivity index (χ1v) is 11.8. The summed E-state index contributed by atoms with van der Waals surface area (Å²) in [5.41, 5.74) is 0.464. The van der Waals surface area contributed by atoms with Crippen LogP contribution in [0.4, 0.5) is 20.3 Å². The Morgan fingerprint density at radius 1 is 1.14 bits per heavy atom. The minimum absolute atomic E-state index is 0.0489. The van der Waals surface area contributed by atoms with Crippen LogP contribution in [-0.4, -0.2) is 60.0 Å². The predicted molar refractivity (Wildman–Crippen MR) is 134 cm³/mol. The lowest BCUT2D eigenvalue weighted by Gasteiger charge is -2.32. The third-order valence-electron chi connectivity index (χ3n) is 5.88. The standard InChI is InChI=1S/C25H24ClF2N5O4/c1-29-21(34)5-6-22(35)33-9-7-14(8-10-33)37-20-11-15-18(12-19(20)36-2)30-13-31-25(15)32-17-4-3-16(27)23(26)24(17)28/h3-6,11-14H,7-10H2,1-2H3,(H,29,34)(H,30,31,32). The third-order valence-corrected chi connectivity index (χ3v) is 6.23. The Kier molecular flexibility index (Phi) is 8.02. The van der Waals surface area contributed by atoms with Gasteiger partial charge in [0.05, 0.1) is 18.3 Å². The molecule has 0 radical (unpaired) electrons. The fourth-order valence-corrected chi connectivity index (χ4v) is 4.04. The number of benzene rings is 2. The minimum Gasteiger partial charge on any atom is -0.493 e. The van der Waals surface area contributed by atoms with Gasteiger partial charge in [0.15, 0.2) is 17.3 Å². The zero-order chi connectivity index (χ0) is 26.5. The molecular formula is C25H24ClF2N5O4. The molecule has 1 aliphatic heterocycles. The number of anilines is 2. The number of hydrogen-bond donors (Lipinski definition) is 2. The van der Waals surface area contributed by atoms with Crippen molar-refractivity contribution in [2.24, 2.45) is 0 Å². The number of ether oxygens (including phenoxy) is 2. The van der Waals surface area contributed by atoms with Gasteiger partial charge in [-0.2, -0.15) is 0 Å². The lowest BCUT2D eigenvalue weighted by molar-refractivity contribution is -0.128. The number of amides is 2. The molecule has 1 aliphatic rings. The van der Waals surface area contributed by atoms with E-state index in [0.717, 1.165) is 6.07 Å². The zero-order valence-corrected chi connectivity index (χ0v) is 20.8. The predicted octanol–water partition coefficient (Wildman–Crippen LogP) is 3.99. The Morgan fingerprint density at radius 2 is 1.89 bits per heavy atom. The maximum Gasteiger partial charge on any atom is 0.246 e. The third kappa shape index (κ3) is 5.88.